The number of nitrogens with one attached hydrogen (secondary N) is 1. The highest BCUT2D eigenvalue weighted by molar-refractivity contribution is 5.80. The van der Waals surface area contributed by atoms with Gasteiger partial charge in [0.05, 0.1) is 20.1 Å². The molecular weight excluding hydrogens is 346 g/mol. The molecule has 0 radical (unpaired) electrons. The zero-order valence-electron chi connectivity index (χ0n) is 16.5. The summed E-state index contributed by atoms with van der Waals surface area (Å²) >= 11 is 0. The van der Waals surface area contributed by atoms with Crippen molar-refractivity contribution >= 4 is 11.9 Å². The summed E-state index contributed by atoms with van der Waals surface area (Å²) in [5.41, 5.74) is 0.975. The molecule has 6 nitrogen and oxygen atoms in total. The fraction of sp³-hybridized carbons (Fsp3) is 0.619. The van der Waals surface area contributed by atoms with Crippen LogP contribution < -0.4 is 14.8 Å². The maximum Gasteiger partial charge on any atom is 0.308 e. The van der Waals surface area contributed by atoms with E-state index in [1.54, 1.807) is 14.2 Å². The Bertz CT molecular complexity index is 645. The van der Waals surface area contributed by atoms with Crippen molar-refractivity contribution in [3.8, 4) is 11.5 Å². The smallest absolute Gasteiger partial charge is 0.308 e. The molecule has 1 aliphatic carbocycles. The molecule has 0 aliphatic heterocycles. The van der Waals surface area contributed by atoms with Crippen LogP contribution >= 0.6 is 0 Å². The summed E-state index contributed by atoms with van der Waals surface area (Å²) < 4.78 is 10.6. The van der Waals surface area contributed by atoms with Gasteiger partial charge in [0.1, 0.15) is 0 Å². The summed E-state index contributed by atoms with van der Waals surface area (Å²) in [6.45, 7) is 1.87. The first-order valence-corrected chi connectivity index (χ1v) is 9.70. The van der Waals surface area contributed by atoms with E-state index in [9.17, 15) is 14.7 Å². The predicted molar refractivity (Wildman–Crippen MR) is 103 cm³/mol. The molecule has 0 aromatic heterocycles. The molecule has 2 rings (SSSR count). The van der Waals surface area contributed by atoms with Crippen LogP contribution in [0.2, 0.25) is 0 Å². The third kappa shape index (κ3) is 5.88. The summed E-state index contributed by atoms with van der Waals surface area (Å²) in [6.07, 6.45) is 5.94. The van der Waals surface area contributed by atoms with Crippen LogP contribution in [0.15, 0.2) is 18.2 Å². The second-order valence-electron chi connectivity index (χ2n) is 7.35. The van der Waals surface area contributed by atoms with Crippen LogP contribution in [-0.2, 0) is 16.0 Å². The van der Waals surface area contributed by atoms with Gasteiger partial charge in [0, 0.05) is 12.0 Å². The highest BCUT2D eigenvalue weighted by Crippen LogP contribution is 2.29. The van der Waals surface area contributed by atoms with Crippen LogP contribution in [0.4, 0.5) is 0 Å². The molecule has 0 bridgehead atoms. The quantitative estimate of drug-likeness (QED) is 0.760. The van der Waals surface area contributed by atoms with Crippen LogP contribution in [0.3, 0.4) is 0 Å². The number of hydrogen-bond acceptors (Lipinski definition) is 4. The van der Waals surface area contributed by atoms with Gasteiger partial charge in [0.15, 0.2) is 11.5 Å². The van der Waals surface area contributed by atoms with Crippen LogP contribution in [0.25, 0.3) is 0 Å². The molecule has 0 heterocycles. The monoisotopic (exact) mass is 377 g/mol. The zero-order valence-corrected chi connectivity index (χ0v) is 16.5. The lowest BCUT2D eigenvalue weighted by Gasteiger charge is -2.28. The second kappa shape index (κ2) is 10.2. The number of methoxy groups -OCH3 is 2. The van der Waals surface area contributed by atoms with Gasteiger partial charge in [-0.3, -0.25) is 9.59 Å². The maximum absolute atomic E-state index is 12.7. The number of rotatable bonds is 7. The Balaban J connectivity index is 2.02. The Labute approximate surface area is 161 Å². The number of carbonyl (C=O) groups is 2. The van der Waals surface area contributed by atoms with Crippen LogP contribution in [0.5, 0.6) is 11.5 Å². The SMILES string of the molecule is COc1ccc(CC(C)C(=O)NC2CCCCCCC2C(=O)O)cc1OC. The minimum absolute atomic E-state index is 0.0957. The average molecular weight is 377 g/mol. The van der Waals surface area contributed by atoms with E-state index in [1.165, 1.54) is 0 Å². The molecule has 1 aliphatic rings. The number of ether oxygens (including phenoxy) is 2. The van der Waals surface area contributed by atoms with Crippen molar-refractivity contribution in [2.24, 2.45) is 11.8 Å². The van der Waals surface area contributed by atoms with Crippen LogP contribution in [0, 0.1) is 11.8 Å². The molecule has 27 heavy (non-hydrogen) atoms. The van der Waals surface area contributed by atoms with E-state index in [-0.39, 0.29) is 17.9 Å². The number of carboxylic acids is 1. The van der Waals surface area contributed by atoms with Gasteiger partial charge in [-0.15, -0.1) is 0 Å². The lowest BCUT2D eigenvalue weighted by molar-refractivity contribution is -0.143. The third-order valence-electron chi connectivity index (χ3n) is 5.35. The molecule has 1 saturated carbocycles. The van der Waals surface area contributed by atoms with Crippen LogP contribution in [0.1, 0.15) is 51.0 Å². The summed E-state index contributed by atoms with van der Waals surface area (Å²) in [7, 11) is 3.17. The minimum Gasteiger partial charge on any atom is -0.493 e. The second-order valence-corrected chi connectivity index (χ2v) is 7.35. The molecule has 1 aromatic carbocycles. The Morgan fingerprint density at radius 1 is 1.11 bits per heavy atom. The molecule has 2 N–H and O–H groups in total. The van der Waals surface area contributed by atoms with Gasteiger partial charge in [-0.2, -0.15) is 0 Å². The van der Waals surface area contributed by atoms with E-state index in [2.05, 4.69) is 5.32 Å². The number of carboxylic acid groups (broad SMARTS) is 1. The fourth-order valence-corrected chi connectivity index (χ4v) is 3.73. The lowest BCUT2D eigenvalue weighted by atomic mass is 9.86. The zero-order chi connectivity index (χ0) is 19.8. The van der Waals surface area contributed by atoms with Crippen molar-refractivity contribution in [3.05, 3.63) is 23.8 Å². The molecule has 6 heteroatoms. The Hall–Kier alpha value is -2.24. The molecule has 3 atom stereocenters. The lowest BCUT2D eigenvalue weighted by Crippen LogP contribution is -2.46. The molecule has 3 unspecified atom stereocenters. The van der Waals surface area contributed by atoms with Crippen molar-refractivity contribution in [2.45, 2.75) is 57.9 Å². The van der Waals surface area contributed by atoms with Crippen molar-refractivity contribution in [1.82, 2.24) is 5.32 Å². The van der Waals surface area contributed by atoms with Gasteiger partial charge < -0.3 is 19.9 Å². The number of benzene rings is 1. The first-order chi connectivity index (χ1) is 13.0. The first-order valence-electron chi connectivity index (χ1n) is 9.70. The van der Waals surface area contributed by atoms with E-state index < -0.39 is 11.9 Å². The van der Waals surface area contributed by atoms with E-state index in [4.69, 9.17) is 9.47 Å². The molecule has 1 fully saturated rings. The Morgan fingerprint density at radius 3 is 2.41 bits per heavy atom. The van der Waals surface area contributed by atoms with Gasteiger partial charge in [0.25, 0.3) is 0 Å². The topological polar surface area (TPSA) is 84.9 Å². The molecular formula is C21H31NO5. The summed E-state index contributed by atoms with van der Waals surface area (Å²) in [5.74, 6) is -0.382. The maximum atomic E-state index is 12.7. The normalized spacial score (nSPS) is 21.4. The summed E-state index contributed by atoms with van der Waals surface area (Å²) in [6, 6.07) is 5.33. The van der Waals surface area contributed by atoms with E-state index >= 15 is 0 Å². The van der Waals surface area contributed by atoms with Gasteiger partial charge in [-0.05, 0) is 37.0 Å². The van der Waals surface area contributed by atoms with E-state index in [1.807, 2.05) is 25.1 Å². The minimum atomic E-state index is -0.810. The van der Waals surface area contributed by atoms with Gasteiger partial charge in [-0.25, -0.2) is 0 Å². The predicted octanol–water partition coefficient (Wildman–Crippen LogP) is 3.42. The molecule has 0 spiro atoms. The molecule has 1 aromatic rings. The van der Waals surface area contributed by atoms with E-state index in [0.717, 1.165) is 37.7 Å². The average Bonchev–Trinajstić information content (AvgIpc) is 2.63. The summed E-state index contributed by atoms with van der Waals surface area (Å²) in [5, 5.41) is 12.6. The fourth-order valence-electron chi connectivity index (χ4n) is 3.73. The van der Waals surface area contributed by atoms with Crippen molar-refractivity contribution in [3.63, 3.8) is 0 Å². The van der Waals surface area contributed by atoms with Gasteiger partial charge >= 0.3 is 5.97 Å². The van der Waals surface area contributed by atoms with Crippen molar-refractivity contribution in [2.75, 3.05) is 14.2 Å². The number of amides is 1. The third-order valence-corrected chi connectivity index (χ3v) is 5.35. The standard InChI is InChI=1S/C21H31NO5/c1-14(12-15-10-11-18(26-2)19(13-15)27-3)20(23)22-17-9-7-5-4-6-8-16(17)21(24)25/h10-11,13-14,16-17H,4-9,12H2,1-3H3,(H,22,23)(H,24,25). The van der Waals surface area contributed by atoms with Gasteiger partial charge in [-0.1, -0.05) is 38.7 Å². The Morgan fingerprint density at radius 2 is 1.78 bits per heavy atom. The van der Waals surface area contributed by atoms with Crippen LogP contribution in [-0.4, -0.2) is 37.2 Å². The van der Waals surface area contributed by atoms with Crippen molar-refractivity contribution in [1.29, 1.82) is 0 Å². The number of aliphatic carboxylic acids is 1. The summed E-state index contributed by atoms with van der Waals surface area (Å²) in [4.78, 5) is 24.3. The molecule has 1 amide bonds. The first kappa shape index (κ1) is 21.1. The Kier molecular flexibility index (Phi) is 7.95. The van der Waals surface area contributed by atoms with Crippen molar-refractivity contribution < 1.29 is 24.2 Å². The number of hydrogen-bond donors (Lipinski definition) is 2. The largest absolute Gasteiger partial charge is 0.493 e. The molecule has 0 saturated heterocycles. The molecule has 150 valence electrons. The highest BCUT2D eigenvalue weighted by atomic mass is 16.5. The highest BCUT2D eigenvalue weighted by Gasteiger charge is 2.30. The number of carbonyl (C=O) groups excluding carboxylic acids is 1. The van der Waals surface area contributed by atoms with Gasteiger partial charge in [0.2, 0.25) is 5.91 Å². The van der Waals surface area contributed by atoms with E-state index in [0.29, 0.717) is 24.3 Å².